The van der Waals surface area contributed by atoms with Crippen LogP contribution < -0.4 is 5.32 Å². The average molecular weight is 245 g/mol. The molecule has 0 radical (unpaired) electrons. The molecule has 1 aromatic rings. The molecule has 0 aromatic heterocycles. The van der Waals surface area contributed by atoms with Crippen molar-refractivity contribution in [3.63, 3.8) is 0 Å². The van der Waals surface area contributed by atoms with Crippen LogP contribution >= 0.6 is 11.6 Å². The Kier molecular flexibility index (Phi) is 5.74. The van der Waals surface area contributed by atoms with Gasteiger partial charge in [0.25, 0.3) is 0 Å². The summed E-state index contributed by atoms with van der Waals surface area (Å²) in [6.07, 6.45) is 0.687. The Morgan fingerprint density at radius 2 is 2.12 bits per heavy atom. The van der Waals surface area contributed by atoms with Crippen molar-refractivity contribution in [1.82, 2.24) is 10.2 Å². The summed E-state index contributed by atoms with van der Waals surface area (Å²) in [5, 5.41) is 3.67. The van der Waals surface area contributed by atoms with E-state index in [4.69, 9.17) is 11.6 Å². The zero-order valence-electron chi connectivity index (χ0n) is 9.76. The lowest BCUT2D eigenvalue weighted by Crippen LogP contribution is -2.29. The molecule has 1 aromatic carbocycles. The lowest BCUT2D eigenvalue weighted by Gasteiger charge is -2.16. The van der Waals surface area contributed by atoms with E-state index in [1.54, 1.807) is 12.1 Å². The second kappa shape index (κ2) is 6.84. The Morgan fingerprint density at radius 3 is 2.81 bits per heavy atom. The summed E-state index contributed by atoms with van der Waals surface area (Å²) < 4.78 is 13.4. The van der Waals surface area contributed by atoms with Crippen LogP contribution in [0, 0.1) is 5.82 Å². The van der Waals surface area contributed by atoms with Gasteiger partial charge in [-0.3, -0.25) is 0 Å². The minimum absolute atomic E-state index is 0.175. The highest BCUT2D eigenvalue weighted by atomic mass is 35.5. The molecule has 0 amide bonds. The predicted molar refractivity (Wildman–Crippen MR) is 66.5 cm³/mol. The van der Waals surface area contributed by atoms with Gasteiger partial charge in [0, 0.05) is 24.7 Å². The number of halogens is 2. The first-order valence-corrected chi connectivity index (χ1v) is 5.78. The zero-order valence-corrected chi connectivity index (χ0v) is 10.5. The van der Waals surface area contributed by atoms with Crippen molar-refractivity contribution in [3.05, 3.63) is 34.6 Å². The molecule has 0 unspecified atom stereocenters. The van der Waals surface area contributed by atoms with Crippen molar-refractivity contribution in [1.29, 1.82) is 0 Å². The Labute approximate surface area is 101 Å². The van der Waals surface area contributed by atoms with Gasteiger partial charge in [-0.25, -0.2) is 4.39 Å². The van der Waals surface area contributed by atoms with E-state index >= 15 is 0 Å². The number of hydrogen-bond donors (Lipinski definition) is 1. The molecule has 16 heavy (non-hydrogen) atoms. The zero-order chi connectivity index (χ0) is 12.0. The van der Waals surface area contributed by atoms with Crippen LogP contribution in [0.3, 0.4) is 0 Å². The molecule has 0 saturated carbocycles. The van der Waals surface area contributed by atoms with E-state index in [9.17, 15) is 4.39 Å². The van der Waals surface area contributed by atoms with Gasteiger partial charge in [-0.2, -0.15) is 0 Å². The fourth-order valence-electron chi connectivity index (χ4n) is 1.46. The van der Waals surface area contributed by atoms with Crippen LogP contribution in [-0.4, -0.2) is 38.6 Å². The maximum Gasteiger partial charge on any atom is 0.126 e. The van der Waals surface area contributed by atoms with Gasteiger partial charge >= 0.3 is 0 Å². The van der Waals surface area contributed by atoms with Crippen LogP contribution in [0.15, 0.2) is 18.2 Å². The Bertz CT molecular complexity index is 331. The van der Waals surface area contributed by atoms with E-state index in [1.807, 2.05) is 14.1 Å². The van der Waals surface area contributed by atoms with Crippen molar-refractivity contribution in [2.75, 3.05) is 33.7 Å². The number of nitrogens with one attached hydrogen (secondary N) is 1. The minimum atomic E-state index is -0.175. The molecule has 0 bridgehead atoms. The molecule has 0 aliphatic carbocycles. The van der Waals surface area contributed by atoms with Crippen LogP contribution in [0.1, 0.15) is 5.56 Å². The number of rotatable bonds is 6. The summed E-state index contributed by atoms with van der Waals surface area (Å²) in [5.74, 6) is -0.175. The monoisotopic (exact) mass is 244 g/mol. The average Bonchev–Trinajstić information content (AvgIpc) is 2.27. The van der Waals surface area contributed by atoms with Crippen LogP contribution in [0.5, 0.6) is 0 Å². The quantitative estimate of drug-likeness (QED) is 0.825. The van der Waals surface area contributed by atoms with E-state index in [-0.39, 0.29) is 5.82 Å². The molecule has 0 aliphatic heterocycles. The third-order valence-corrected chi connectivity index (χ3v) is 2.75. The van der Waals surface area contributed by atoms with E-state index in [2.05, 4.69) is 10.2 Å². The lowest BCUT2D eigenvalue weighted by molar-refractivity contribution is 0.338. The first kappa shape index (κ1) is 13.4. The normalized spacial score (nSPS) is 11.1. The van der Waals surface area contributed by atoms with Gasteiger partial charge in [0.2, 0.25) is 0 Å². The maximum atomic E-state index is 13.4. The topological polar surface area (TPSA) is 15.3 Å². The Balaban J connectivity index is 2.44. The van der Waals surface area contributed by atoms with Crippen LogP contribution in [0.4, 0.5) is 4.39 Å². The van der Waals surface area contributed by atoms with Gasteiger partial charge in [-0.1, -0.05) is 11.6 Å². The largest absolute Gasteiger partial charge is 0.318 e. The van der Waals surface area contributed by atoms with Crippen molar-refractivity contribution in [2.24, 2.45) is 0 Å². The molecule has 2 nitrogen and oxygen atoms in total. The maximum absolute atomic E-state index is 13.4. The molecule has 4 heteroatoms. The lowest BCUT2D eigenvalue weighted by atomic mass is 10.1. The molecular weight excluding hydrogens is 227 g/mol. The summed E-state index contributed by atoms with van der Waals surface area (Å²) in [4.78, 5) is 2.16. The Hall–Kier alpha value is -0.640. The highest BCUT2D eigenvalue weighted by molar-refractivity contribution is 6.30. The van der Waals surface area contributed by atoms with Crippen molar-refractivity contribution < 1.29 is 4.39 Å². The number of benzene rings is 1. The minimum Gasteiger partial charge on any atom is -0.318 e. The van der Waals surface area contributed by atoms with Crippen molar-refractivity contribution >= 4 is 11.6 Å². The molecule has 0 spiro atoms. The van der Waals surface area contributed by atoms with E-state index < -0.39 is 0 Å². The van der Waals surface area contributed by atoms with Crippen LogP contribution in [-0.2, 0) is 6.42 Å². The molecule has 90 valence electrons. The van der Waals surface area contributed by atoms with Gasteiger partial charge in [0.05, 0.1) is 0 Å². The van der Waals surface area contributed by atoms with E-state index in [0.29, 0.717) is 17.0 Å². The van der Waals surface area contributed by atoms with Gasteiger partial charge in [0.1, 0.15) is 5.82 Å². The number of nitrogens with zero attached hydrogens (tertiary/aromatic N) is 1. The molecule has 0 fully saturated rings. The molecule has 0 saturated heterocycles. The summed E-state index contributed by atoms with van der Waals surface area (Å²) in [6, 6.07) is 4.69. The van der Waals surface area contributed by atoms with Gasteiger partial charge in [0.15, 0.2) is 0 Å². The Morgan fingerprint density at radius 1 is 1.38 bits per heavy atom. The van der Waals surface area contributed by atoms with Crippen molar-refractivity contribution in [3.8, 4) is 0 Å². The summed E-state index contributed by atoms with van der Waals surface area (Å²) in [5.41, 5.74) is 0.684. The van der Waals surface area contributed by atoms with Crippen molar-refractivity contribution in [2.45, 2.75) is 6.42 Å². The summed E-state index contributed by atoms with van der Waals surface area (Å²) in [7, 11) is 3.95. The third-order valence-electron chi connectivity index (χ3n) is 2.51. The smallest absolute Gasteiger partial charge is 0.126 e. The highest BCUT2D eigenvalue weighted by Gasteiger charge is 2.04. The van der Waals surface area contributed by atoms with E-state index in [1.165, 1.54) is 6.07 Å². The highest BCUT2D eigenvalue weighted by Crippen LogP contribution is 2.15. The van der Waals surface area contributed by atoms with Crippen LogP contribution in [0.25, 0.3) is 0 Å². The third kappa shape index (κ3) is 4.47. The van der Waals surface area contributed by atoms with E-state index in [0.717, 1.165) is 19.6 Å². The van der Waals surface area contributed by atoms with Crippen LogP contribution in [0.2, 0.25) is 5.02 Å². The molecule has 1 N–H and O–H groups in total. The fraction of sp³-hybridized carbons (Fsp3) is 0.500. The second-order valence-corrected chi connectivity index (χ2v) is 4.33. The molecule has 0 aliphatic rings. The standard InChI is InChI=1S/C12H18ClFN2/c1-15-6-8-16(2)7-5-10-9-11(13)3-4-12(10)14/h3-4,9,15H,5-8H2,1-2H3. The van der Waals surface area contributed by atoms with Gasteiger partial charge in [-0.05, 0) is 44.3 Å². The molecule has 1 rings (SSSR count). The SMILES string of the molecule is CNCCN(C)CCc1cc(Cl)ccc1F. The predicted octanol–water partition coefficient (Wildman–Crippen LogP) is 2.17. The first-order chi connectivity index (χ1) is 7.63. The summed E-state index contributed by atoms with van der Waals surface area (Å²) in [6.45, 7) is 2.73. The molecular formula is C12H18ClFN2. The first-order valence-electron chi connectivity index (χ1n) is 5.40. The second-order valence-electron chi connectivity index (χ2n) is 3.89. The number of hydrogen-bond acceptors (Lipinski definition) is 2. The van der Waals surface area contributed by atoms with Gasteiger partial charge in [-0.15, -0.1) is 0 Å². The fourth-order valence-corrected chi connectivity index (χ4v) is 1.66. The van der Waals surface area contributed by atoms with Gasteiger partial charge < -0.3 is 10.2 Å². The summed E-state index contributed by atoms with van der Waals surface area (Å²) >= 11 is 5.83. The number of likely N-dealkylation sites (N-methyl/N-ethyl adjacent to an activating group) is 2. The molecule has 0 atom stereocenters. The molecule has 0 heterocycles.